The summed E-state index contributed by atoms with van der Waals surface area (Å²) in [5, 5.41) is 0. The highest BCUT2D eigenvalue weighted by Crippen LogP contribution is 2.14. The van der Waals surface area contributed by atoms with E-state index in [1.807, 2.05) is 0 Å². The number of unbranched alkanes of at least 4 members (excludes halogenated alkanes) is 3. The Balaban J connectivity index is 1.98. The molecule has 0 spiro atoms. The van der Waals surface area contributed by atoms with Crippen LogP contribution in [0.15, 0.2) is 48.7 Å². The first-order chi connectivity index (χ1) is 11.7. The molecular weight excluding hydrogens is 312 g/mol. The molecule has 0 radical (unpaired) electrons. The Morgan fingerprint density at radius 1 is 0.917 bits per heavy atom. The Hall–Kier alpha value is -1.74. The normalized spacial score (nSPS) is 11.1. The van der Waals surface area contributed by atoms with Crippen molar-refractivity contribution < 1.29 is 4.57 Å². The van der Waals surface area contributed by atoms with Gasteiger partial charge in [0.25, 0.3) is 0 Å². The van der Waals surface area contributed by atoms with Crippen molar-refractivity contribution >= 4 is 30.5 Å². The van der Waals surface area contributed by atoms with E-state index in [-0.39, 0.29) is 0 Å². The summed E-state index contributed by atoms with van der Waals surface area (Å²) in [6.07, 6.45) is 11.6. The van der Waals surface area contributed by atoms with Gasteiger partial charge in [0.2, 0.25) is 5.69 Å². The van der Waals surface area contributed by atoms with Gasteiger partial charge in [-0.2, -0.15) is 17.2 Å². The lowest BCUT2D eigenvalue weighted by Crippen LogP contribution is -2.36. The second-order valence-electron chi connectivity index (χ2n) is 6.28. The maximum atomic E-state index is 4.27. The fourth-order valence-electron chi connectivity index (χ4n) is 2.66. The second-order valence-corrected chi connectivity index (χ2v) is 6.72. The molecule has 2 nitrogen and oxygen atoms in total. The van der Waals surface area contributed by atoms with E-state index in [2.05, 4.69) is 97.0 Å². The summed E-state index contributed by atoms with van der Waals surface area (Å²) in [6.45, 7) is 1.08. The average Bonchev–Trinajstić information content (AvgIpc) is 2.61. The van der Waals surface area contributed by atoms with Gasteiger partial charge in [-0.3, -0.25) is 0 Å². The van der Waals surface area contributed by atoms with Gasteiger partial charge in [-0.05, 0) is 48.4 Å². The fourth-order valence-corrected chi connectivity index (χ4v) is 2.88. The number of anilines is 1. The van der Waals surface area contributed by atoms with Crippen LogP contribution in [0.3, 0.4) is 0 Å². The number of hydrogen-bond donors (Lipinski definition) is 1. The first-order valence-electron chi connectivity index (χ1n) is 8.75. The fraction of sp³-hybridized carbons (Fsp3) is 0.381. The van der Waals surface area contributed by atoms with Crippen molar-refractivity contribution in [1.82, 2.24) is 0 Å². The molecule has 1 heterocycles. The molecule has 2 rings (SSSR count). The third-order valence-corrected chi connectivity index (χ3v) is 4.46. The number of benzene rings is 1. The van der Waals surface area contributed by atoms with Gasteiger partial charge in [-0.15, -0.1) is 0 Å². The third-order valence-electron chi connectivity index (χ3n) is 4.14. The van der Waals surface area contributed by atoms with Crippen molar-refractivity contribution in [3.05, 3.63) is 59.9 Å². The van der Waals surface area contributed by atoms with Gasteiger partial charge in [0.05, 0.1) is 0 Å². The Kier molecular flexibility index (Phi) is 7.90. The van der Waals surface area contributed by atoms with Crippen LogP contribution in [0.25, 0.3) is 12.2 Å². The van der Waals surface area contributed by atoms with Crippen LogP contribution in [0, 0.1) is 0 Å². The molecule has 2 aromatic rings. The molecule has 0 saturated carbocycles. The zero-order chi connectivity index (χ0) is 17.2. The summed E-state index contributed by atoms with van der Waals surface area (Å²) in [5.74, 6) is 0.999. The molecule has 0 N–H and O–H groups in total. The van der Waals surface area contributed by atoms with E-state index in [0.29, 0.717) is 0 Å². The van der Waals surface area contributed by atoms with Crippen LogP contribution in [0.4, 0.5) is 5.69 Å². The lowest BCUT2D eigenvalue weighted by molar-refractivity contribution is -0.699. The van der Waals surface area contributed by atoms with Crippen LogP contribution in [0.2, 0.25) is 0 Å². The lowest BCUT2D eigenvalue weighted by atomic mass is 10.1. The van der Waals surface area contributed by atoms with E-state index in [4.69, 9.17) is 0 Å². The van der Waals surface area contributed by atoms with Crippen LogP contribution >= 0.6 is 12.6 Å². The zero-order valence-corrected chi connectivity index (χ0v) is 15.8. The molecule has 0 aliphatic rings. The van der Waals surface area contributed by atoms with Crippen molar-refractivity contribution in [1.29, 1.82) is 0 Å². The molecule has 0 aliphatic heterocycles. The van der Waals surface area contributed by atoms with E-state index >= 15 is 0 Å². The summed E-state index contributed by atoms with van der Waals surface area (Å²) in [7, 11) is 4.13. The number of pyridine rings is 1. The van der Waals surface area contributed by atoms with E-state index in [1.54, 1.807) is 0 Å². The highest BCUT2D eigenvalue weighted by molar-refractivity contribution is 7.80. The van der Waals surface area contributed by atoms with Crippen molar-refractivity contribution in [2.75, 3.05) is 24.7 Å². The molecule has 1 aromatic carbocycles. The Bertz CT molecular complexity index is 633. The van der Waals surface area contributed by atoms with Crippen molar-refractivity contribution in [3.63, 3.8) is 0 Å². The molecule has 0 saturated heterocycles. The number of nitrogens with zero attached hydrogens (tertiary/aromatic N) is 2. The predicted molar refractivity (Wildman–Crippen MR) is 109 cm³/mol. The van der Waals surface area contributed by atoms with Crippen LogP contribution < -0.4 is 9.47 Å². The topological polar surface area (TPSA) is 7.12 Å². The largest absolute Gasteiger partial charge is 0.378 e. The highest BCUT2D eigenvalue weighted by atomic mass is 32.1. The maximum absolute atomic E-state index is 4.27. The third kappa shape index (κ3) is 6.04. The average molecular weight is 342 g/mol. The summed E-state index contributed by atoms with van der Waals surface area (Å²) in [5.41, 5.74) is 3.70. The SMILES string of the molecule is CN(C)c1ccc(/C=C/c2cccc[n+]2CCCCCCS)cc1. The Morgan fingerprint density at radius 2 is 1.67 bits per heavy atom. The van der Waals surface area contributed by atoms with Crippen molar-refractivity contribution in [3.8, 4) is 0 Å². The molecule has 24 heavy (non-hydrogen) atoms. The number of aromatic nitrogens is 1. The van der Waals surface area contributed by atoms with Gasteiger partial charge >= 0.3 is 0 Å². The predicted octanol–water partition coefficient (Wildman–Crippen LogP) is 4.70. The van der Waals surface area contributed by atoms with Crippen LogP contribution in [0.5, 0.6) is 0 Å². The lowest BCUT2D eigenvalue weighted by Gasteiger charge is -2.11. The molecular formula is C21H29N2S+. The standard InChI is InChI=1S/C21H28N2S/c1-22(2)20-13-10-19(11-14-20)12-15-21-9-5-7-17-23(21)16-6-3-4-8-18-24/h5,7,9-15,17H,3-4,6,8,16,18H2,1-2H3/p+1. The molecule has 0 amide bonds. The molecule has 0 bridgehead atoms. The van der Waals surface area contributed by atoms with Gasteiger partial charge in [-0.1, -0.05) is 18.6 Å². The minimum atomic E-state index is 0.999. The monoisotopic (exact) mass is 341 g/mol. The van der Waals surface area contributed by atoms with Crippen LogP contribution in [0.1, 0.15) is 36.9 Å². The minimum Gasteiger partial charge on any atom is -0.378 e. The van der Waals surface area contributed by atoms with Crippen molar-refractivity contribution in [2.45, 2.75) is 32.2 Å². The van der Waals surface area contributed by atoms with Gasteiger partial charge in [0, 0.05) is 44.4 Å². The van der Waals surface area contributed by atoms with Crippen LogP contribution in [-0.2, 0) is 6.54 Å². The quantitative estimate of drug-likeness (QED) is 0.394. The molecule has 3 heteroatoms. The number of rotatable bonds is 9. The van der Waals surface area contributed by atoms with Gasteiger partial charge < -0.3 is 4.90 Å². The summed E-state index contributed by atoms with van der Waals surface area (Å²) >= 11 is 4.27. The molecule has 0 unspecified atom stereocenters. The van der Waals surface area contributed by atoms with Gasteiger partial charge in [0.1, 0.15) is 6.54 Å². The number of aryl methyl sites for hydroxylation is 1. The zero-order valence-electron chi connectivity index (χ0n) is 14.9. The Morgan fingerprint density at radius 3 is 2.38 bits per heavy atom. The number of thiol groups is 1. The summed E-state index contributed by atoms with van der Waals surface area (Å²) < 4.78 is 2.34. The maximum Gasteiger partial charge on any atom is 0.205 e. The molecule has 1 aromatic heterocycles. The van der Waals surface area contributed by atoms with Gasteiger partial charge in [-0.25, -0.2) is 0 Å². The second kappa shape index (κ2) is 10.2. The van der Waals surface area contributed by atoms with E-state index < -0.39 is 0 Å². The Labute approximate surface area is 152 Å². The van der Waals surface area contributed by atoms with E-state index in [9.17, 15) is 0 Å². The summed E-state index contributed by atoms with van der Waals surface area (Å²) in [4.78, 5) is 2.12. The van der Waals surface area contributed by atoms with E-state index in [1.165, 1.54) is 42.6 Å². The van der Waals surface area contributed by atoms with Gasteiger partial charge in [0.15, 0.2) is 6.20 Å². The molecule has 0 atom stereocenters. The first kappa shape index (κ1) is 18.6. The highest BCUT2D eigenvalue weighted by Gasteiger charge is 2.05. The van der Waals surface area contributed by atoms with E-state index in [0.717, 1.165) is 12.3 Å². The first-order valence-corrected chi connectivity index (χ1v) is 9.39. The molecule has 0 aliphatic carbocycles. The summed E-state index contributed by atoms with van der Waals surface area (Å²) in [6, 6.07) is 15.0. The van der Waals surface area contributed by atoms with Crippen LogP contribution in [-0.4, -0.2) is 19.8 Å². The molecule has 0 fully saturated rings. The molecule has 128 valence electrons. The minimum absolute atomic E-state index is 0.999. The smallest absolute Gasteiger partial charge is 0.205 e. The number of hydrogen-bond acceptors (Lipinski definition) is 2. The van der Waals surface area contributed by atoms with Crippen molar-refractivity contribution in [2.24, 2.45) is 0 Å².